The Labute approximate surface area is 193 Å². The van der Waals surface area contributed by atoms with Gasteiger partial charge in [-0.25, -0.2) is 9.59 Å². The van der Waals surface area contributed by atoms with Crippen LogP contribution in [0.2, 0.25) is 0 Å². The van der Waals surface area contributed by atoms with Gasteiger partial charge in [0.25, 0.3) is 6.47 Å². The molecule has 7 nitrogen and oxygen atoms in total. The first kappa shape index (κ1) is 31.8. The first-order chi connectivity index (χ1) is 15.3. The van der Waals surface area contributed by atoms with Crippen molar-refractivity contribution in [3.8, 4) is 0 Å². The Bertz CT molecular complexity index is 562. The fraction of sp³-hybridized carbons (Fsp3) is 0.640. The molecule has 1 aromatic carbocycles. The van der Waals surface area contributed by atoms with Crippen molar-refractivity contribution in [2.24, 2.45) is 0 Å². The molecule has 0 radical (unpaired) electrons. The molecule has 0 spiro atoms. The first-order valence-electron chi connectivity index (χ1n) is 11.8. The second kappa shape index (κ2) is 20.5. The van der Waals surface area contributed by atoms with Crippen LogP contribution >= 0.6 is 0 Å². The third-order valence-electron chi connectivity index (χ3n) is 5.33. The van der Waals surface area contributed by atoms with Crippen LogP contribution in [-0.2, 0) is 4.79 Å². The summed E-state index contributed by atoms with van der Waals surface area (Å²) in [6.07, 6.45) is 11.1. The predicted molar refractivity (Wildman–Crippen MR) is 128 cm³/mol. The number of benzene rings is 1. The summed E-state index contributed by atoms with van der Waals surface area (Å²) < 4.78 is 1.42. The Morgan fingerprint density at radius 1 is 0.719 bits per heavy atom. The van der Waals surface area contributed by atoms with E-state index in [1.165, 1.54) is 106 Å². The Hall–Kier alpha value is -2.41. The molecule has 0 unspecified atom stereocenters. The van der Waals surface area contributed by atoms with Crippen LogP contribution in [0.3, 0.4) is 0 Å². The number of carbonyl (C=O) groups is 3. The second-order valence-corrected chi connectivity index (χ2v) is 7.91. The van der Waals surface area contributed by atoms with Crippen LogP contribution in [0, 0.1) is 0 Å². The van der Waals surface area contributed by atoms with Gasteiger partial charge in [0.15, 0.2) is 0 Å². The lowest BCUT2D eigenvalue weighted by Gasteiger charge is -2.39. The molecule has 0 saturated carbocycles. The smallest absolute Gasteiger partial charge is 0.336 e. The molecule has 0 saturated heterocycles. The SMILES string of the molecule is CCCC[N+](CCCC)(CCCC)CCCC.O=C(O)c1ccccc1C(=O)O.O=CO. The van der Waals surface area contributed by atoms with E-state index in [1.54, 1.807) is 0 Å². The van der Waals surface area contributed by atoms with E-state index in [1.807, 2.05) is 0 Å². The van der Waals surface area contributed by atoms with Crippen molar-refractivity contribution in [3.05, 3.63) is 35.4 Å². The van der Waals surface area contributed by atoms with Crippen LogP contribution in [0.4, 0.5) is 0 Å². The van der Waals surface area contributed by atoms with Gasteiger partial charge in [-0.1, -0.05) is 65.5 Å². The van der Waals surface area contributed by atoms with Crippen molar-refractivity contribution in [1.82, 2.24) is 0 Å². The van der Waals surface area contributed by atoms with E-state index in [2.05, 4.69) is 27.7 Å². The molecule has 3 N–H and O–H groups in total. The molecule has 0 atom stereocenters. The molecule has 0 heterocycles. The standard InChI is InChI=1S/C16H36N.C8H6O4.CH2O2/c1-5-9-13-17(14-10-6-2,15-11-7-3)16-12-8-4;9-7(10)5-3-1-2-4-6(5)8(11)12;2-1-3/h5-16H2,1-4H3;1-4H,(H,9,10)(H,11,12);1H,(H,2,3)/q+1;;. The number of carboxylic acid groups (broad SMARTS) is 3. The maximum Gasteiger partial charge on any atom is 0.336 e. The molecule has 7 heteroatoms. The maximum atomic E-state index is 10.5. The number of hydrogen-bond acceptors (Lipinski definition) is 3. The third kappa shape index (κ3) is 14.6. The van der Waals surface area contributed by atoms with Crippen LogP contribution < -0.4 is 0 Å². The molecule has 0 aliphatic heterocycles. The van der Waals surface area contributed by atoms with Crippen LogP contribution in [0.25, 0.3) is 0 Å². The van der Waals surface area contributed by atoms with Gasteiger partial charge in [0, 0.05) is 0 Å². The number of quaternary nitrogens is 1. The molecule has 1 aromatic rings. The van der Waals surface area contributed by atoms with Gasteiger partial charge in [0.05, 0.1) is 37.3 Å². The lowest BCUT2D eigenvalue weighted by atomic mass is 10.1. The Balaban J connectivity index is 0. The lowest BCUT2D eigenvalue weighted by molar-refractivity contribution is -0.929. The number of nitrogens with zero attached hydrogens (tertiary/aromatic N) is 1. The van der Waals surface area contributed by atoms with Crippen molar-refractivity contribution in [2.75, 3.05) is 26.2 Å². The zero-order valence-corrected chi connectivity index (χ0v) is 20.4. The molecule has 32 heavy (non-hydrogen) atoms. The van der Waals surface area contributed by atoms with Crippen molar-refractivity contribution in [3.63, 3.8) is 0 Å². The van der Waals surface area contributed by atoms with Gasteiger partial charge in [-0.2, -0.15) is 0 Å². The molecule has 0 bridgehead atoms. The minimum atomic E-state index is -1.23. The average Bonchev–Trinajstić information content (AvgIpc) is 2.79. The van der Waals surface area contributed by atoms with Gasteiger partial charge >= 0.3 is 11.9 Å². The summed E-state index contributed by atoms with van der Waals surface area (Å²) in [5.41, 5.74) is -0.380. The maximum absolute atomic E-state index is 10.5. The highest BCUT2D eigenvalue weighted by atomic mass is 16.4. The molecule has 0 aliphatic carbocycles. The van der Waals surface area contributed by atoms with E-state index in [9.17, 15) is 9.59 Å². The third-order valence-corrected chi connectivity index (χ3v) is 5.33. The summed E-state index contributed by atoms with van der Waals surface area (Å²) in [5.74, 6) is -2.46. The zero-order chi connectivity index (χ0) is 24.8. The van der Waals surface area contributed by atoms with Crippen LogP contribution in [0.1, 0.15) is 99.8 Å². The summed E-state index contributed by atoms with van der Waals surface area (Å²) in [4.78, 5) is 29.3. The molecular formula is C25H44NO6+. The predicted octanol–water partition coefficient (Wildman–Crippen LogP) is 5.79. The van der Waals surface area contributed by atoms with Gasteiger partial charge in [-0.05, 0) is 37.8 Å². The van der Waals surface area contributed by atoms with Crippen molar-refractivity contribution < 1.29 is 34.2 Å². The molecule has 0 aromatic heterocycles. The molecule has 0 fully saturated rings. The molecule has 184 valence electrons. The number of hydrogen-bond donors (Lipinski definition) is 3. The number of carboxylic acids is 2. The van der Waals surface area contributed by atoms with Gasteiger partial charge < -0.3 is 19.8 Å². The molecule has 0 amide bonds. The van der Waals surface area contributed by atoms with Gasteiger partial charge in [-0.15, -0.1) is 0 Å². The van der Waals surface area contributed by atoms with Gasteiger partial charge in [0.2, 0.25) is 0 Å². The first-order valence-corrected chi connectivity index (χ1v) is 11.8. The molecule has 1 rings (SSSR count). The van der Waals surface area contributed by atoms with Crippen molar-refractivity contribution in [2.45, 2.75) is 79.1 Å². The van der Waals surface area contributed by atoms with Crippen LogP contribution in [0.15, 0.2) is 24.3 Å². The van der Waals surface area contributed by atoms with Crippen LogP contribution in [0.5, 0.6) is 0 Å². The van der Waals surface area contributed by atoms with E-state index in [0.29, 0.717) is 0 Å². The summed E-state index contributed by atoms with van der Waals surface area (Å²) in [7, 11) is 0. The normalized spacial score (nSPS) is 10.2. The van der Waals surface area contributed by atoms with E-state index in [-0.39, 0.29) is 17.6 Å². The van der Waals surface area contributed by atoms with E-state index >= 15 is 0 Å². The Morgan fingerprint density at radius 2 is 0.969 bits per heavy atom. The highest BCUT2D eigenvalue weighted by Gasteiger charge is 2.24. The largest absolute Gasteiger partial charge is 0.483 e. The van der Waals surface area contributed by atoms with E-state index < -0.39 is 11.9 Å². The summed E-state index contributed by atoms with van der Waals surface area (Å²) in [6, 6.07) is 5.48. The highest BCUT2D eigenvalue weighted by molar-refractivity contribution is 6.01. The van der Waals surface area contributed by atoms with Gasteiger partial charge in [-0.3, -0.25) is 4.79 Å². The minimum absolute atomic E-state index is 0.190. The van der Waals surface area contributed by atoms with Crippen molar-refractivity contribution >= 4 is 18.4 Å². The monoisotopic (exact) mass is 454 g/mol. The quantitative estimate of drug-likeness (QED) is 0.242. The van der Waals surface area contributed by atoms with Crippen molar-refractivity contribution in [1.29, 1.82) is 0 Å². The number of unbranched alkanes of at least 4 members (excludes halogenated alkanes) is 4. The zero-order valence-electron chi connectivity index (χ0n) is 20.4. The summed E-state index contributed by atoms with van der Waals surface area (Å²) in [5, 5.41) is 24.0. The highest BCUT2D eigenvalue weighted by Crippen LogP contribution is 2.16. The topological polar surface area (TPSA) is 112 Å². The van der Waals surface area contributed by atoms with E-state index in [0.717, 1.165) is 0 Å². The minimum Gasteiger partial charge on any atom is -0.483 e. The average molecular weight is 455 g/mol. The Kier molecular flexibility index (Phi) is 20.3. The fourth-order valence-electron chi connectivity index (χ4n) is 3.50. The number of aromatic carboxylic acids is 2. The second-order valence-electron chi connectivity index (χ2n) is 7.91. The van der Waals surface area contributed by atoms with Gasteiger partial charge in [0.1, 0.15) is 0 Å². The Morgan fingerprint density at radius 3 is 1.16 bits per heavy atom. The molecular weight excluding hydrogens is 410 g/mol. The van der Waals surface area contributed by atoms with E-state index in [4.69, 9.17) is 20.1 Å². The molecule has 0 aliphatic rings. The van der Waals surface area contributed by atoms with Crippen LogP contribution in [-0.4, -0.2) is 64.4 Å². The summed E-state index contributed by atoms with van der Waals surface area (Å²) >= 11 is 0. The lowest BCUT2D eigenvalue weighted by Crippen LogP contribution is -2.50. The summed E-state index contributed by atoms with van der Waals surface area (Å²) in [6.45, 7) is 14.8. The fourth-order valence-corrected chi connectivity index (χ4v) is 3.50. The number of rotatable bonds is 14.